The lowest BCUT2D eigenvalue weighted by Gasteiger charge is -2.19. The fraction of sp³-hybridized carbons (Fsp3) is 0.429. The number of aliphatic hydroxyl groups excluding tert-OH is 1. The summed E-state index contributed by atoms with van der Waals surface area (Å²) in [5.41, 5.74) is 0. The van der Waals surface area contributed by atoms with E-state index >= 15 is 0 Å². The molecule has 1 heterocycles. The van der Waals surface area contributed by atoms with Gasteiger partial charge in [0.05, 0.1) is 0 Å². The second kappa shape index (κ2) is 3.97. The van der Waals surface area contributed by atoms with Gasteiger partial charge in [-0.1, -0.05) is 0 Å². The number of carbonyl (C=O) groups is 2. The van der Waals surface area contributed by atoms with Crippen LogP contribution in [0.5, 0.6) is 0 Å². The lowest BCUT2D eigenvalue weighted by Crippen LogP contribution is -2.33. The van der Waals surface area contributed by atoms with Crippen molar-refractivity contribution in [3.05, 3.63) is 11.5 Å². The van der Waals surface area contributed by atoms with Crippen molar-refractivity contribution in [2.24, 2.45) is 0 Å². The third-order valence-electron chi connectivity index (χ3n) is 1.50. The van der Waals surface area contributed by atoms with Crippen LogP contribution >= 0.6 is 0 Å². The third kappa shape index (κ3) is 2.13. The van der Waals surface area contributed by atoms with Gasteiger partial charge in [-0.2, -0.15) is 0 Å². The van der Waals surface area contributed by atoms with E-state index in [-0.39, 0.29) is 12.4 Å². The van der Waals surface area contributed by atoms with Crippen molar-refractivity contribution in [1.82, 2.24) is 0 Å². The van der Waals surface area contributed by atoms with E-state index in [9.17, 15) is 9.59 Å². The fourth-order valence-corrected chi connectivity index (χ4v) is 0.847. The quantitative estimate of drug-likeness (QED) is 0.474. The topological polar surface area (TPSA) is 102 Å². The molecule has 0 aromatic carbocycles. The Kier molecular flexibility index (Phi) is 2.92. The van der Waals surface area contributed by atoms with Gasteiger partial charge in [-0.05, 0) is 6.92 Å². The highest BCUT2D eigenvalue weighted by Gasteiger charge is 2.31. The van der Waals surface area contributed by atoms with Crippen LogP contribution in [0.15, 0.2) is 11.5 Å². The van der Waals surface area contributed by atoms with Gasteiger partial charge in [0, 0.05) is 0 Å². The molecule has 0 aliphatic carbocycles. The van der Waals surface area contributed by atoms with E-state index in [1.165, 1.54) is 6.92 Å². The molecular formula is C7H8O7. The van der Waals surface area contributed by atoms with Crippen molar-refractivity contribution in [3.63, 3.8) is 0 Å². The maximum Gasteiger partial charge on any atom is 0.547 e. The number of Topliss-reactive ketones (excluding diaryl/α,β-unsaturated/α-hetero) is 1. The van der Waals surface area contributed by atoms with Crippen LogP contribution in [0.3, 0.4) is 0 Å². The highest BCUT2D eigenvalue weighted by Crippen LogP contribution is 2.17. The zero-order chi connectivity index (χ0) is 10.7. The van der Waals surface area contributed by atoms with Crippen molar-refractivity contribution in [2.45, 2.75) is 13.0 Å². The smallest absolute Gasteiger partial charge is 0.491 e. The molecule has 1 aliphatic heterocycles. The number of carbonyl (C=O) groups excluding carboxylic acids is 1. The van der Waals surface area contributed by atoms with Crippen LogP contribution in [-0.2, 0) is 19.3 Å². The molecule has 0 spiro atoms. The second-order valence-corrected chi connectivity index (χ2v) is 2.51. The Morgan fingerprint density at radius 3 is 2.86 bits per heavy atom. The summed E-state index contributed by atoms with van der Waals surface area (Å²) in [5.74, 6) is -1.14. The van der Waals surface area contributed by atoms with E-state index in [0.717, 1.165) is 0 Å². The number of allylic oxidation sites excluding steroid dienone is 1. The SMILES string of the molecule is CC1=C(OOC(=O)O)C(=O)C(O)CO1. The Morgan fingerprint density at radius 1 is 1.64 bits per heavy atom. The summed E-state index contributed by atoms with van der Waals surface area (Å²) in [7, 11) is 0. The number of hydrogen-bond donors (Lipinski definition) is 2. The summed E-state index contributed by atoms with van der Waals surface area (Å²) in [5, 5.41) is 17.1. The first-order valence-corrected chi connectivity index (χ1v) is 3.65. The number of ketones is 1. The first kappa shape index (κ1) is 10.3. The monoisotopic (exact) mass is 204 g/mol. The van der Waals surface area contributed by atoms with Crippen molar-refractivity contribution in [1.29, 1.82) is 0 Å². The average Bonchev–Trinajstić information content (AvgIpc) is 2.11. The average molecular weight is 204 g/mol. The Morgan fingerprint density at radius 2 is 2.29 bits per heavy atom. The largest absolute Gasteiger partial charge is 0.547 e. The summed E-state index contributed by atoms with van der Waals surface area (Å²) < 4.78 is 4.82. The molecule has 1 rings (SSSR count). The molecule has 0 aromatic heterocycles. The van der Waals surface area contributed by atoms with Crippen molar-refractivity contribution < 1.29 is 34.3 Å². The lowest BCUT2D eigenvalue weighted by molar-refractivity contribution is -0.224. The second-order valence-electron chi connectivity index (χ2n) is 2.51. The molecule has 0 aromatic rings. The Hall–Kier alpha value is -1.76. The number of rotatable bonds is 2. The van der Waals surface area contributed by atoms with Crippen LogP contribution in [0.25, 0.3) is 0 Å². The molecule has 1 atom stereocenters. The van der Waals surface area contributed by atoms with E-state index < -0.39 is 23.8 Å². The van der Waals surface area contributed by atoms with Gasteiger partial charge < -0.3 is 14.9 Å². The fourth-order valence-electron chi connectivity index (χ4n) is 0.847. The number of hydrogen-bond acceptors (Lipinski definition) is 6. The van der Waals surface area contributed by atoms with Crippen molar-refractivity contribution in [3.8, 4) is 0 Å². The van der Waals surface area contributed by atoms with E-state index in [4.69, 9.17) is 14.9 Å². The Balaban J connectivity index is 2.72. The van der Waals surface area contributed by atoms with E-state index in [1.807, 2.05) is 0 Å². The van der Waals surface area contributed by atoms with E-state index in [0.29, 0.717) is 0 Å². The molecule has 0 saturated heterocycles. The minimum Gasteiger partial charge on any atom is -0.491 e. The maximum atomic E-state index is 11.2. The van der Waals surface area contributed by atoms with Gasteiger partial charge in [-0.25, -0.2) is 9.68 Å². The summed E-state index contributed by atoms with van der Waals surface area (Å²) in [4.78, 5) is 29.0. The summed E-state index contributed by atoms with van der Waals surface area (Å²) in [6.45, 7) is 1.22. The van der Waals surface area contributed by atoms with E-state index in [1.54, 1.807) is 0 Å². The molecule has 0 radical (unpaired) electrons. The first-order chi connectivity index (χ1) is 6.52. The van der Waals surface area contributed by atoms with Crippen LogP contribution in [0, 0.1) is 0 Å². The lowest BCUT2D eigenvalue weighted by atomic mass is 10.1. The number of aliphatic hydroxyl groups is 1. The maximum absolute atomic E-state index is 11.2. The molecule has 7 heteroatoms. The zero-order valence-corrected chi connectivity index (χ0v) is 7.22. The molecular weight excluding hydrogens is 196 g/mol. The third-order valence-corrected chi connectivity index (χ3v) is 1.50. The summed E-state index contributed by atoms with van der Waals surface area (Å²) in [6.07, 6.45) is -3.05. The highest BCUT2D eigenvalue weighted by molar-refractivity contribution is 5.97. The van der Waals surface area contributed by atoms with Gasteiger partial charge in [0.25, 0.3) is 5.76 Å². The number of ether oxygens (including phenoxy) is 1. The predicted molar refractivity (Wildman–Crippen MR) is 39.9 cm³/mol. The standard InChI is InChI=1S/C7H8O7/c1-3-6(13-14-7(10)11)5(9)4(8)2-12-3/h4,8H,2H2,1H3,(H,10,11). The van der Waals surface area contributed by atoms with E-state index in [2.05, 4.69) is 9.78 Å². The minimum absolute atomic E-state index is 0.0709. The van der Waals surface area contributed by atoms with Crippen molar-refractivity contribution in [2.75, 3.05) is 6.61 Å². The first-order valence-electron chi connectivity index (χ1n) is 3.65. The summed E-state index contributed by atoms with van der Waals surface area (Å²) >= 11 is 0. The molecule has 0 amide bonds. The van der Waals surface area contributed by atoms with Gasteiger partial charge >= 0.3 is 6.16 Å². The van der Waals surface area contributed by atoms with Crippen molar-refractivity contribution >= 4 is 11.9 Å². The Bertz CT molecular complexity index is 292. The molecule has 14 heavy (non-hydrogen) atoms. The molecule has 0 saturated carbocycles. The normalized spacial score (nSPS) is 21.6. The van der Waals surface area contributed by atoms with Gasteiger partial charge in [-0.15, -0.1) is 0 Å². The van der Waals surface area contributed by atoms with Gasteiger partial charge in [0.2, 0.25) is 5.78 Å². The summed E-state index contributed by atoms with van der Waals surface area (Å²) in [6, 6.07) is 0. The van der Waals surface area contributed by atoms with Gasteiger partial charge in [0.1, 0.15) is 12.4 Å². The number of carboxylic acid groups (broad SMARTS) is 1. The molecule has 0 bridgehead atoms. The molecule has 78 valence electrons. The molecule has 1 aliphatic rings. The van der Waals surface area contributed by atoms with Crippen LogP contribution < -0.4 is 0 Å². The van der Waals surface area contributed by atoms with Gasteiger partial charge in [-0.3, -0.25) is 9.68 Å². The molecule has 7 nitrogen and oxygen atoms in total. The molecule has 1 unspecified atom stereocenters. The molecule has 2 N–H and O–H groups in total. The van der Waals surface area contributed by atoms with Crippen LogP contribution in [0.4, 0.5) is 4.79 Å². The van der Waals surface area contributed by atoms with Gasteiger partial charge in [0.15, 0.2) is 6.10 Å². The molecule has 0 fully saturated rings. The minimum atomic E-state index is -1.70. The predicted octanol–water partition coefficient (Wildman–Crippen LogP) is -0.196. The highest BCUT2D eigenvalue weighted by atomic mass is 17.2. The van der Waals surface area contributed by atoms with Crippen LogP contribution in [0.1, 0.15) is 6.92 Å². The zero-order valence-electron chi connectivity index (χ0n) is 7.22. The van der Waals surface area contributed by atoms with Crippen LogP contribution in [-0.4, -0.2) is 34.9 Å². The Labute approximate surface area is 78.4 Å². The van der Waals surface area contributed by atoms with Crippen LogP contribution in [0.2, 0.25) is 0 Å².